The van der Waals surface area contributed by atoms with Gasteiger partial charge in [-0.05, 0) is 42.5 Å². The Hall–Kier alpha value is -2.45. The van der Waals surface area contributed by atoms with Crippen molar-refractivity contribution in [3.05, 3.63) is 35.3 Å². The molecule has 18 nitrogen and oxygen atoms in total. The molecule has 3 unspecified atom stereocenters. The largest absolute Gasteiger partial charge is 0.383 e. The molecule has 4 aromatic heterocycles. The van der Waals surface area contributed by atoms with Crippen molar-refractivity contribution in [3.8, 4) is 0 Å². The number of nitrogens with one attached hydrogen (secondary N) is 1. The number of imidazole rings is 1. The number of anilines is 2. The molecule has 238 valence electrons. The number of nitrogens with zero attached hydrogens (tertiary/aromatic N) is 6. The fraction of sp³-hybridized carbons (Fsp3) is 0.500. The first kappa shape index (κ1) is 31.5. The van der Waals surface area contributed by atoms with E-state index in [1.165, 1.54) is 24.3 Å². The molecule has 22 heteroatoms. The highest BCUT2D eigenvalue weighted by Gasteiger charge is 2.42. The van der Waals surface area contributed by atoms with E-state index in [1.54, 1.807) is 0 Å². The molecule has 2 fully saturated rings. The van der Waals surface area contributed by atoms with Crippen LogP contribution in [0.4, 0.5) is 11.8 Å². The third-order valence-corrected chi connectivity index (χ3v) is 10.4. The molecular weight excluding hydrogens is 660 g/mol. The van der Waals surface area contributed by atoms with Crippen LogP contribution in [0, 0.1) is 0 Å². The Kier molecular flexibility index (Phi) is 8.88. The summed E-state index contributed by atoms with van der Waals surface area (Å²) in [6.45, 7) is -7.54. The van der Waals surface area contributed by atoms with Gasteiger partial charge in [-0.2, -0.15) is 4.98 Å². The third kappa shape index (κ3) is 6.57. The van der Waals surface area contributed by atoms with Crippen molar-refractivity contribution in [3.63, 3.8) is 0 Å². The maximum atomic E-state index is 12.3. The zero-order chi connectivity index (χ0) is 31.2. The van der Waals surface area contributed by atoms with Gasteiger partial charge in [-0.25, -0.2) is 15.0 Å². The molecule has 44 heavy (non-hydrogen) atoms. The minimum Gasteiger partial charge on any atom is -0.383 e. The van der Waals surface area contributed by atoms with Gasteiger partial charge in [0.15, 0.2) is 17.4 Å². The standard InChI is InChI=1S/C22H29N9O9P2S2/c1-35-41(33,43)36-8-12-6-14(21(39-12)31-10-27-16-19(31)28-22(24)29-20(16)32)40-42(34,44)37-7-11-2-3-15(38-11)30-5-4-13-17(23)25-9-26-18(13)30/h4-5,9-12,14-15,21H,2-3,6-8H2,1H3,(H,33,43)(H,34,44)(H2,23,25,26)(H3,24,28,29,32)/t11?,12-,14+,15+,21+,41?,42?/m0/s1. The molecule has 2 aliphatic rings. The number of nitrogens with two attached hydrogens (primary N) is 2. The van der Waals surface area contributed by atoms with Crippen LogP contribution >= 0.6 is 13.4 Å². The lowest BCUT2D eigenvalue weighted by molar-refractivity contribution is -0.0480. The highest BCUT2D eigenvalue weighted by molar-refractivity contribution is 8.07. The van der Waals surface area contributed by atoms with E-state index < -0.39 is 37.4 Å². The molecule has 0 amide bonds. The SMILES string of the molecule is COP(O)(=S)OC[C@@H]1C[C@@H](OP(O)(=S)OCC2CC[C@H](n3ccc4c(N)ncnc43)O2)[C@H](n2cnc3c(=O)[nH]c(N)nc32)O1. The molecule has 0 radical (unpaired) electrons. The van der Waals surface area contributed by atoms with Crippen molar-refractivity contribution in [1.82, 2.24) is 34.1 Å². The lowest BCUT2D eigenvalue weighted by atomic mass is 10.2. The monoisotopic (exact) mass is 689 g/mol. The first-order valence-electron chi connectivity index (χ1n) is 13.2. The molecule has 4 aromatic rings. The van der Waals surface area contributed by atoms with Gasteiger partial charge < -0.3 is 53.4 Å². The van der Waals surface area contributed by atoms with Gasteiger partial charge in [-0.1, -0.05) is 0 Å². The maximum Gasteiger partial charge on any atom is 0.325 e. The Bertz CT molecular complexity index is 1840. The van der Waals surface area contributed by atoms with Gasteiger partial charge in [0.05, 0.1) is 37.1 Å². The molecule has 7 atom stereocenters. The summed E-state index contributed by atoms with van der Waals surface area (Å²) >= 11 is 10.3. The van der Waals surface area contributed by atoms with Crippen LogP contribution < -0.4 is 17.0 Å². The summed E-state index contributed by atoms with van der Waals surface area (Å²) in [5.41, 5.74) is 12.0. The zero-order valence-corrected chi connectivity index (χ0v) is 26.5. The quantitative estimate of drug-likeness (QED) is 0.139. The molecular formula is C22H29N9O9P2S2. The Balaban J connectivity index is 1.15. The molecule has 0 aliphatic carbocycles. The summed E-state index contributed by atoms with van der Waals surface area (Å²) < 4.78 is 37.4. The number of H-pyrrole nitrogens is 1. The van der Waals surface area contributed by atoms with Crippen molar-refractivity contribution in [1.29, 1.82) is 0 Å². The van der Waals surface area contributed by atoms with E-state index in [2.05, 4.69) is 24.9 Å². The van der Waals surface area contributed by atoms with Crippen LogP contribution in [0.3, 0.4) is 0 Å². The van der Waals surface area contributed by atoms with Gasteiger partial charge >= 0.3 is 13.4 Å². The maximum absolute atomic E-state index is 12.3. The van der Waals surface area contributed by atoms with Gasteiger partial charge in [-0.3, -0.25) is 14.3 Å². The summed E-state index contributed by atoms with van der Waals surface area (Å²) in [5.74, 6) is 0.248. The van der Waals surface area contributed by atoms with Crippen molar-refractivity contribution in [2.24, 2.45) is 0 Å². The smallest absolute Gasteiger partial charge is 0.325 e. The van der Waals surface area contributed by atoms with Gasteiger partial charge in [0.1, 0.15) is 30.1 Å². The number of hydrogen-bond donors (Lipinski definition) is 5. The molecule has 0 saturated carbocycles. The minimum absolute atomic E-state index is 0.0173. The molecule has 7 N–H and O–H groups in total. The summed E-state index contributed by atoms with van der Waals surface area (Å²) in [5, 5.41) is 0.724. The fourth-order valence-electron chi connectivity index (χ4n) is 5.14. The topological polar surface area (TPSA) is 242 Å². The van der Waals surface area contributed by atoms with Crippen LogP contribution in [0.15, 0.2) is 29.7 Å². The van der Waals surface area contributed by atoms with E-state index in [9.17, 15) is 14.6 Å². The number of hydrogen-bond acceptors (Lipinski definition) is 15. The normalized spacial score (nSPS) is 26.8. The van der Waals surface area contributed by atoms with Crippen molar-refractivity contribution >= 4 is 71.0 Å². The van der Waals surface area contributed by atoms with Crippen LogP contribution in [0.25, 0.3) is 22.2 Å². The second kappa shape index (κ2) is 12.4. The van der Waals surface area contributed by atoms with E-state index in [0.717, 1.165) is 5.39 Å². The second-order valence-electron chi connectivity index (χ2n) is 10.0. The van der Waals surface area contributed by atoms with Crippen LogP contribution in [-0.4, -0.2) is 82.5 Å². The Morgan fingerprint density at radius 1 is 1.07 bits per heavy atom. The number of rotatable bonds is 11. The van der Waals surface area contributed by atoms with Gasteiger partial charge in [0, 0.05) is 19.7 Å². The first-order valence-corrected chi connectivity index (χ1v) is 18.4. The van der Waals surface area contributed by atoms with Crippen molar-refractivity contribution < 1.29 is 37.4 Å². The van der Waals surface area contributed by atoms with Gasteiger partial charge in [0.25, 0.3) is 5.56 Å². The summed E-state index contributed by atoms with van der Waals surface area (Å²) in [6, 6.07) is 1.83. The lowest BCUT2D eigenvalue weighted by Crippen LogP contribution is -2.23. The van der Waals surface area contributed by atoms with E-state index in [4.69, 9.17) is 62.6 Å². The highest BCUT2D eigenvalue weighted by Crippen LogP contribution is 2.51. The number of aromatic nitrogens is 7. The third-order valence-electron chi connectivity index (χ3n) is 7.15. The van der Waals surface area contributed by atoms with Crippen molar-refractivity contribution in [2.45, 2.75) is 50.0 Å². The van der Waals surface area contributed by atoms with Crippen molar-refractivity contribution in [2.75, 3.05) is 31.8 Å². The number of aromatic amines is 1. The Morgan fingerprint density at radius 2 is 1.84 bits per heavy atom. The van der Waals surface area contributed by atoms with Crippen LogP contribution in [-0.2, 0) is 51.2 Å². The fourth-order valence-corrected chi connectivity index (χ4v) is 7.24. The predicted molar refractivity (Wildman–Crippen MR) is 163 cm³/mol. The Morgan fingerprint density at radius 3 is 2.64 bits per heavy atom. The van der Waals surface area contributed by atoms with Crippen LogP contribution in [0.2, 0.25) is 0 Å². The Labute approximate surface area is 259 Å². The zero-order valence-electron chi connectivity index (χ0n) is 23.0. The average Bonchev–Trinajstić information content (AvgIpc) is 3.76. The van der Waals surface area contributed by atoms with E-state index in [-0.39, 0.29) is 49.1 Å². The van der Waals surface area contributed by atoms with Gasteiger partial charge in [-0.15, -0.1) is 0 Å². The second-order valence-corrected chi connectivity index (χ2v) is 15.8. The number of fused-ring (bicyclic) bond motifs is 2. The van der Waals surface area contributed by atoms with E-state index in [0.29, 0.717) is 24.3 Å². The summed E-state index contributed by atoms with van der Waals surface area (Å²) in [6.07, 6.45) is 2.71. The predicted octanol–water partition coefficient (Wildman–Crippen LogP) is 1.19. The van der Waals surface area contributed by atoms with Crippen LogP contribution in [0.1, 0.15) is 31.7 Å². The number of ether oxygens (including phenoxy) is 2. The molecule has 0 spiro atoms. The van der Waals surface area contributed by atoms with E-state index in [1.807, 2.05) is 16.8 Å². The summed E-state index contributed by atoms with van der Waals surface area (Å²) in [4.78, 5) is 52.5. The molecule has 0 bridgehead atoms. The van der Waals surface area contributed by atoms with E-state index >= 15 is 0 Å². The van der Waals surface area contributed by atoms with Crippen LogP contribution in [0.5, 0.6) is 0 Å². The summed E-state index contributed by atoms with van der Waals surface area (Å²) in [7, 11) is 1.23. The molecule has 6 rings (SSSR count). The molecule has 6 heterocycles. The lowest BCUT2D eigenvalue weighted by Gasteiger charge is -2.25. The average molecular weight is 690 g/mol. The molecule has 2 saturated heterocycles. The number of nitrogen functional groups attached to an aromatic ring is 2. The molecule has 0 aromatic carbocycles. The van der Waals surface area contributed by atoms with Gasteiger partial charge in [0.2, 0.25) is 5.95 Å². The first-order chi connectivity index (χ1) is 20.9. The highest BCUT2D eigenvalue weighted by atomic mass is 32.5. The molecule has 2 aliphatic heterocycles. The minimum atomic E-state index is -3.87.